The van der Waals surface area contributed by atoms with Gasteiger partial charge < -0.3 is 9.47 Å². The summed E-state index contributed by atoms with van der Waals surface area (Å²) in [6, 6.07) is 32.5. The summed E-state index contributed by atoms with van der Waals surface area (Å²) in [4.78, 5) is 19.5. The standard InChI is InChI=1S/C42H42FN3O3/c1-41(2,3)39-38-36(37-32(23-42(4,5)24-33(37)47)44-40(38)46(45-39)31-19-17-30(43)18-20-31)29-16-21-34(48-25-27-12-8-6-9-13-27)35(22-29)49-26-28-14-10-7-11-15-28/h6-22,36-37H,23-26H2,1-5H3. The number of rotatable bonds is 8. The number of aromatic nitrogens is 2. The molecule has 0 saturated heterocycles. The highest BCUT2D eigenvalue weighted by Gasteiger charge is 2.49. The molecule has 2 unspecified atom stereocenters. The molecule has 250 valence electrons. The number of halogens is 1. The predicted molar refractivity (Wildman–Crippen MR) is 191 cm³/mol. The maximum Gasteiger partial charge on any atom is 0.161 e. The third-order valence-corrected chi connectivity index (χ3v) is 9.39. The summed E-state index contributed by atoms with van der Waals surface area (Å²) < 4.78 is 28.7. The maximum absolute atomic E-state index is 14.2. The molecule has 2 atom stereocenters. The third-order valence-electron chi connectivity index (χ3n) is 9.39. The Morgan fingerprint density at radius 3 is 2.02 bits per heavy atom. The summed E-state index contributed by atoms with van der Waals surface area (Å²) in [5.41, 5.74) is 5.79. The van der Waals surface area contributed by atoms with Gasteiger partial charge in [0.1, 0.15) is 24.8 Å². The van der Waals surface area contributed by atoms with E-state index in [0.29, 0.717) is 49.1 Å². The van der Waals surface area contributed by atoms with Crippen LogP contribution in [0.3, 0.4) is 0 Å². The lowest BCUT2D eigenvalue weighted by molar-refractivity contribution is -0.124. The Balaban J connectivity index is 1.39. The van der Waals surface area contributed by atoms with Gasteiger partial charge in [0.15, 0.2) is 17.3 Å². The molecule has 0 radical (unpaired) electrons. The van der Waals surface area contributed by atoms with Crippen molar-refractivity contribution in [3.05, 3.63) is 137 Å². The molecule has 0 N–H and O–H groups in total. The number of fused-ring (bicyclic) bond motifs is 2. The summed E-state index contributed by atoms with van der Waals surface area (Å²) >= 11 is 0. The molecule has 2 aliphatic rings. The number of benzene rings is 4. The van der Waals surface area contributed by atoms with E-state index in [-0.39, 0.29) is 28.3 Å². The Bertz CT molecular complexity index is 2010. The molecule has 0 bridgehead atoms. The molecule has 49 heavy (non-hydrogen) atoms. The van der Waals surface area contributed by atoms with Crippen LogP contribution in [0.5, 0.6) is 11.5 Å². The minimum Gasteiger partial charge on any atom is -0.485 e. The molecule has 0 amide bonds. The van der Waals surface area contributed by atoms with E-state index in [2.05, 4.69) is 40.7 Å². The van der Waals surface area contributed by atoms with Crippen molar-refractivity contribution < 1.29 is 18.7 Å². The molecule has 0 spiro atoms. The van der Waals surface area contributed by atoms with Gasteiger partial charge in [0.25, 0.3) is 0 Å². The van der Waals surface area contributed by atoms with Gasteiger partial charge >= 0.3 is 0 Å². The van der Waals surface area contributed by atoms with Crippen LogP contribution in [0.2, 0.25) is 0 Å². The van der Waals surface area contributed by atoms with Crippen molar-refractivity contribution in [2.24, 2.45) is 16.3 Å². The maximum atomic E-state index is 14.2. The van der Waals surface area contributed by atoms with Gasteiger partial charge in [-0.3, -0.25) is 4.79 Å². The number of carbonyl (C=O) groups is 1. The van der Waals surface area contributed by atoms with Crippen molar-refractivity contribution in [1.82, 2.24) is 9.78 Å². The monoisotopic (exact) mass is 655 g/mol. The number of nitrogens with zero attached hydrogens (tertiary/aromatic N) is 3. The summed E-state index contributed by atoms with van der Waals surface area (Å²) in [6.07, 6.45) is 1.16. The van der Waals surface area contributed by atoms with Crippen molar-refractivity contribution in [2.45, 2.75) is 72.0 Å². The number of hydrogen-bond acceptors (Lipinski definition) is 5. The average Bonchev–Trinajstić information content (AvgIpc) is 3.46. The van der Waals surface area contributed by atoms with E-state index in [1.807, 2.05) is 77.5 Å². The first-order chi connectivity index (χ1) is 23.5. The lowest BCUT2D eigenvalue weighted by Gasteiger charge is -2.41. The van der Waals surface area contributed by atoms with Crippen molar-refractivity contribution in [3.8, 4) is 17.2 Å². The number of ketones is 1. The van der Waals surface area contributed by atoms with Gasteiger partial charge in [-0.05, 0) is 64.9 Å². The summed E-state index contributed by atoms with van der Waals surface area (Å²) in [5, 5.41) is 5.16. The van der Waals surface area contributed by atoms with Gasteiger partial charge in [-0.2, -0.15) is 5.10 Å². The second kappa shape index (κ2) is 12.8. The second-order valence-electron chi connectivity index (χ2n) is 15.0. The van der Waals surface area contributed by atoms with Crippen molar-refractivity contribution in [1.29, 1.82) is 0 Å². The van der Waals surface area contributed by atoms with E-state index in [9.17, 15) is 9.18 Å². The molecule has 6 nitrogen and oxygen atoms in total. The van der Waals surface area contributed by atoms with E-state index in [0.717, 1.165) is 33.7 Å². The SMILES string of the molecule is CC1(C)CC(=O)C2C(=Nc3c(c(C(C)(C)C)nn3-c3ccc(F)cc3)C2c2ccc(OCc3ccccc3)c(OCc3ccccc3)c2)C1. The highest BCUT2D eigenvalue weighted by atomic mass is 19.1. The fourth-order valence-electron chi connectivity index (χ4n) is 7.13. The van der Waals surface area contributed by atoms with Gasteiger partial charge in [-0.15, -0.1) is 0 Å². The van der Waals surface area contributed by atoms with Crippen LogP contribution in [-0.2, 0) is 23.4 Å². The van der Waals surface area contributed by atoms with Crippen LogP contribution in [0, 0.1) is 17.2 Å². The number of ether oxygens (including phenoxy) is 2. The molecular weight excluding hydrogens is 613 g/mol. The highest BCUT2D eigenvalue weighted by molar-refractivity contribution is 6.11. The quantitative estimate of drug-likeness (QED) is 0.167. The first-order valence-electron chi connectivity index (χ1n) is 16.9. The minimum atomic E-state index is -0.439. The molecule has 1 aliphatic heterocycles. The molecule has 7 rings (SSSR count). The van der Waals surface area contributed by atoms with E-state index < -0.39 is 5.92 Å². The minimum absolute atomic E-state index is 0.177. The first-order valence-corrected chi connectivity index (χ1v) is 16.9. The van der Waals surface area contributed by atoms with Crippen LogP contribution >= 0.6 is 0 Å². The van der Waals surface area contributed by atoms with E-state index in [1.54, 1.807) is 12.1 Å². The normalized spacial score (nSPS) is 18.3. The van der Waals surface area contributed by atoms with E-state index in [1.165, 1.54) is 12.1 Å². The zero-order chi connectivity index (χ0) is 34.3. The molecule has 1 aliphatic carbocycles. The van der Waals surface area contributed by atoms with Gasteiger partial charge in [0, 0.05) is 29.0 Å². The van der Waals surface area contributed by atoms with Gasteiger partial charge in [-0.1, -0.05) is 101 Å². The predicted octanol–water partition coefficient (Wildman–Crippen LogP) is 9.69. The lowest BCUT2D eigenvalue weighted by Crippen LogP contribution is -2.42. The molecule has 7 heteroatoms. The Morgan fingerprint density at radius 2 is 1.41 bits per heavy atom. The molecular formula is C42H42FN3O3. The molecule has 2 heterocycles. The number of aliphatic imine (C=N–C) groups is 1. The highest BCUT2D eigenvalue weighted by Crippen LogP contribution is 2.53. The van der Waals surface area contributed by atoms with Crippen LogP contribution < -0.4 is 9.47 Å². The topological polar surface area (TPSA) is 65.7 Å². The van der Waals surface area contributed by atoms with Crippen LogP contribution in [0.4, 0.5) is 10.2 Å². The van der Waals surface area contributed by atoms with Crippen molar-refractivity contribution >= 4 is 17.3 Å². The van der Waals surface area contributed by atoms with Crippen LogP contribution in [0.15, 0.2) is 108 Å². The van der Waals surface area contributed by atoms with Gasteiger partial charge in [0.2, 0.25) is 0 Å². The lowest BCUT2D eigenvalue weighted by atomic mass is 9.63. The Kier molecular flexibility index (Phi) is 8.47. The molecule has 4 aromatic carbocycles. The first kappa shape index (κ1) is 32.5. The fraction of sp³-hybridized carbons (Fsp3) is 0.310. The van der Waals surface area contributed by atoms with Crippen LogP contribution in [0.1, 0.15) is 81.3 Å². The Labute approximate surface area is 287 Å². The summed E-state index contributed by atoms with van der Waals surface area (Å²) in [5.74, 6) is 0.993. The zero-order valence-electron chi connectivity index (χ0n) is 28.7. The molecule has 1 aromatic heterocycles. The molecule has 1 saturated carbocycles. The number of Topliss-reactive ketones (excluding diaryl/α,β-unsaturated/α-hetero) is 1. The third kappa shape index (κ3) is 6.67. The Hall–Kier alpha value is -5.04. The summed E-state index contributed by atoms with van der Waals surface area (Å²) in [7, 11) is 0. The smallest absolute Gasteiger partial charge is 0.161 e. The fourth-order valence-corrected chi connectivity index (χ4v) is 7.13. The molecule has 5 aromatic rings. The largest absolute Gasteiger partial charge is 0.485 e. The van der Waals surface area contributed by atoms with Crippen LogP contribution in [-0.4, -0.2) is 21.3 Å². The van der Waals surface area contributed by atoms with Crippen LogP contribution in [0.25, 0.3) is 5.69 Å². The zero-order valence-corrected chi connectivity index (χ0v) is 28.7. The van der Waals surface area contributed by atoms with Crippen molar-refractivity contribution in [2.75, 3.05) is 0 Å². The van der Waals surface area contributed by atoms with E-state index in [4.69, 9.17) is 19.6 Å². The number of carbonyl (C=O) groups excluding carboxylic acids is 1. The van der Waals surface area contributed by atoms with Gasteiger partial charge in [0.05, 0.1) is 17.3 Å². The molecule has 1 fully saturated rings. The van der Waals surface area contributed by atoms with Gasteiger partial charge in [-0.25, -0.2) is 14.1 Å². The second-order valence-corrected chi connectivity index (χ2v) is 15.0. The van der Waals surface area contributed by atoms with Crippen molar-refractivity contribution in [3.63, 3.8) is 0 Å². The average molecular weight is 656 g/mol. The number of hydrogen-bond donors (Lipinski definition) is 0. The van der Waals surface area contributed by atoms with E-state index >= 15 is 0 Å². The summed E-state index contributed by atoms with van der Waals surface area (Å²) in [6.45, 7) is 11.4. The Morgan fingerprint density at radius 1 is 0.796 bits per heavy atom.